The van der Waals surface area contributed by atoms with Gasteiger partial charge < -0.3 is 14.6 Å². The van der Waals surface area contributed by atoms with Crippen molar-refractivity contribution in [2.24, 2.45) is 5.92 Å². The maximum atomic E-state index is 12.9. The first-order chi connectivity index (χ1) is 25.4. The standard InChI is InChI=1S/C43H47N3O5S/c1-32-41(30-46-26-24-45(25-27-46)29-33-10-4-2-5-11-33)50-43(51-42(32)36-18-16-34(31-47)17-19-36)37-22-20-35(21-23-37)40-15-9-8-12-38(40)28-44-52(48,49)39-13-6-3-7-14-39/h2-23,32,41-44,47H,24-31H2,1H3. The molecule has 0 bridgehead atoms. The second-order valence-electron chi connectivity index (χ2n) is 13.8. The van der Waals surface area contributed by atoms with Crippen molar-refractivity contribution >= 4 is 10.0 Å². The third-order valence-corrected chi connectivity index (χ3v) is 11.7. The van der Waals surface area contributed by atoms with Crippen molar-refractivity contribution < 1.29 is 23.0 Å². The fraction of sp³-hybridized carbons (Fsp3) is 0.302. The smallest absolute Gasteiger partial charge is 0.240 e. The molecule has 2 aliphatic rings. The lowest BCUT2D eigenvalue weighted by Gasteiger charge is -2.44. The Hall–Kier alpha value is -4.19. The van der Waals surface area contributed by atoms with Gasteiger partial charge in [-0.05, 0) is 45.5 Å². The van der Waals surface area contributed by atoms with E-state index in [2.05, 4.69) is 76.0 Å². The average molecular weight is 718 g/mol. The molecule has 2 N–H and O–H groups in total. The summed E-state index contributed by atoms with van der Waals surface area (Å²) in [4.78, 5) is 5.28. The number of aliphatic hydroxyl groups is 1. The van der Waals surface area contributed by atoms with Gasteiger partial charge in [0.25, 0.3) is 0 Å². The molecule has 4 atom stereocenters. The normalized spacial score (nSPS) is 21.6. The third-order valence-electron chi connectivity index (χ3n) is 10.3. The van der Waals surface area contributed by atoms with E-state index in [-0.39, 0.29) is 36.2 Å². The summed E-state index contributed by atoms with van der Waals surface area (Å²) in [6.45, 7) is 8.15. The van der Waals surface area contributed by atoms with E-state index in [1.165, 1.54) is 5.56 Å². The summed E-state index contributed by atoms with van der Waals surface area (Å²) in [6, 6.07) is 43.2. The van der Waals surface area contributed by atoms with E-state index in [0.717, 1.165) is 72.6 Å². The van der Waals surface area contributed by atoms with Gasteiger partial charge in [-0.1, -0.05) is 128 Å². The summed E-state index contributed by atoms with van der Waals surface area (Å²) in [5.74, 6) is 0.101. The maximum Gasteiger partial charge on any atom is 0.240 e. The van der Waals surface area contributed by atoms with E-state index in [1.807, 2.05) is 48.5 Å². The molecule has 5 aromatic carbocycles. The Kier molecular flexibility index (Phi) is 11.6. The molecule has 2 aliphatic heterocycles. The van der Waals surface area contributed by atoms with Crippen LogP contribution in [0.2, 0.25) is 0 Å². The monoisotopic (exact) mass is 717 g/mol. The highest BCUT2D eigenvalue weighted by Crippen LogP contribution is 2.42. The SMILES string of the molecule is CC1C(CN2CCN(Cc3ccccc3)CC2)OC(c2ccc(-c3ccccc3CNS(=O)(=O)c3ccccc3)cc2)OC1c1ccc(CO)cc1. The van der Waals surface area contributed by atoms with Gasteiger partial charge in [0.15, 0.2) is 6.29 Å². The van der Waals surface area contributed by atoms with Gasteiger partial charge in [0.2, 0.25) is 10.0 Å². The lowest BCUT2D eigenvalue weighted by Crippen LogP contribution is -2.51. The Morgan fingerprint density at radius 2 is 1.31 bits per heavy atom. The fourth-order valence-corrected chi connectivity index (χ4v) is 8.21. The van der Waals surface area contributed by atoms with Crippen LogP contribution in [0.4, 0.5) is 0 Å². The summed E-state index contributed by atoms with van der Waals surface area (Å²) < 4.78 is 42.2. The molecule has 7 rings (SSSR count). The molecule has 0 spiro atoms. The Labute approximate surface area is 307 Å². The lowest BCUT2D eigenvalue weighted by atomic mass is 9.89. The fourth-order valence-electron chi connectivity index (χ4n) is 7.19. The van der Waals surface area contributed by atoms with Crippen LogP contribution in [0.15, 0.2) is 138 Å². The van der Waals surface area contributed by atoms with Gasteiger partial charge in [-0.15, -0.1) is 0 Å². The molecule has 0 amide bonds. The van der Waals surface area contributed by atoms with E-state index in [4.69, 9.17) is 9.47 Å². The number of benzene rings is 5. The lowest BCUT2D eigenvalue weighted by molar-refractivity contribution is -0.276. The van der Waals surface area contributed by atoms with Crippen molar-refractivity contribution in [3.8, 4) is 11.1 Å². The molecule has 0 radical (unpaired) electrons. The molecule has 2 heterocycles. The minimum absolute atomic E-state index is 0.000344. The molecular formula is C43H47N3O5S. The van der Waals surface area contributed by atoms with Crippen LogP contribution >= 0.6 is 0 Å². The molecule has 0 aromatic heterocycles. The number of aliphatic hydroxyl groups excluding tert-OH is 1. The van der Waals surface area contributed by atoms with E-state index in [0.29, 0.717) is 0 Å². The molecule has 8 nitrogen and oxygen atoms in total. The van der Waals surface area contributed by atoms with Gasteiger partial charge in [0, 0.05) is 57.3 Å². The van der Waals surface area contributed by atoms with E-state index < -0.39 is 16.3 Å². The first-order valence-corrected chi connectivity index (χ1v) is 19.6. The molecule has 4 unspecified atom stereocenters. The van der Waals surface area contributed by atoms with E-state index in [9.17, 15) is 13.5 Å². The number of rotatable bonds is 12. The topological polar surface area (TPSA) is 91.3 Å². The molecule has 5 aromatic rings. The van der Waals surface area contributed by atoms with Crippen molar-refractivity contribution in [1.29, 1.82) is 0 Å². The molecular weight excluding hydrogens is 671 g/mol. The van der Waals surface area contributed by atoms with Gasteiger partial charge in [-0.25, -0.2) is 13.1 Å². The van der Waals surface area contributed by atoms with Gasteiger partial charge in [-0.3, -0.25) is 9.80 Å². The molecule has 2 fully saturated rings. The van der Waals surface area contributed by atoms with Crippen molar-refractivity contribution in [3.63, 3.8) is 0 Å². The number of nitrogens with zero attached hydrogens (tertiary/aromatic N) is 2. The Bertz CT molecular complexity index is 1990. The minimum Gasteiger partial charge on any atom is -0.392 e. The van der Waals surface area contributed by atoms with Crippen molar-refractivity contribution in [2.75, 3.05) is 32.7 Å². The van der Waals surface area contributed by atoms with Crippen LogP contribution in [0.5, 0.6) is 0 Å². The average Bonchev–Trinajstić information content (AvgIpc) is 3.19. The van der Waals surface area contributed by atoms with Gasteiger partial charge in [0.1, 0.15) is 0 Å². The molecule has 52 heavy (non-hydrogen) atoms. The molecule has 2 saturated heterocycles. The Balaban J connectivity index is 1.07. The number of hydrogen-bond acceptors (Lipinski definition) is 7. The van der Waals surface area contributed by atoms with Crippen LogP contribution in [0.25, 0.3) is 11.1 Å². The van der Waals surface area contributed by atoms with E-state index >= 15 is 0 Å². The summed E-state index contributed by atoms with van der Waals surface area (Å²) in [5.41, 5.74) is 7.01. The van der Waals surface area contributed by atoms with Crippen LogP contribution in [-0.4, -0.2) is 62.2 Å². The van der Waals surface area contributed by atoms with Crippen molar-refractivity contribution in [3.05, 3.63) is 161 Å². The zero-order chi connectivity index (χ0) is 35.9. The second-order valence-corrected chi connectivity index (χ2v) is 15.6. The number of ether oxygens (including phenoxy) is 2. The minimum atomic E-state index is -3.65. The third kappa shape index (κ3) is 8.70. The number of sulfonamides is 1. The van der Waals surface area contributed by atoms with Crippen molar-refractivity contribution in [1.82, 2.24) is 14.5 Å². The summed E-state index contributed by atoms with van der Waals surface area (Å²) in [7, 11) is -3.65. The molecule has 0 saturated carbocycles. The van der Waals surface area contributed by atoms with Crippen LogP contribution in [0.1, 0.15) is 47.1 Å². The van der Waals surface area contributed by atoms with Crippen LogP contribution < -0.4 is 4.72 Å². The molecule has 9 heteroatoms. The zero-order valence-corrected chi connectivity index (χ0v) is 30.4. The predicted molar refractivity (Wildman–Crippen MR) is 203 cm³/mol. The van der Waals surface area contributed by atoms with Crippen LogP contribution in [-0.2, 0) is 39.2 Å². The molecule has 270 valence electrons. The zero-order valence-electron chi connectivity index (χ0n) is 29.6. The Morgan fingerprint density at radius 1 is 0.692 bits per heavy atom. The molecule has 0 aliphatic carbocycles. The van der Waals surface area contributed by atoms with Crippen LogP contribution in [0, 0.1) is 5.92 Å². The number of piperazine rings is 1. The second kappa shape index (κ2) is 16.7. The summed E-state index contributed by atoms with van der Waals surface area (Å²) in [5, 5.41) is 9.65. The first kappa shape index (κ1) is 36.2. The highest BCUT2D eigenvalue weighted by Gasteiger charge is 2.39. The quantitative estimate of drug-likeness (QED) is 0.145. The first-order valence-electron chi connectivity index (χ1n) is 18.1. The van der Waals surface area contributed by atoms with Gasteiger partial charge >= 0.3 is 0 Å². The number of nitrogens with one attached hydrogen (secondary N) is 1. The largest absolute Gasteiger partial charge is 0.392 e. The highest BCUT2D eigenvalue weighted by atomic mass is 32.2. The maximum absolute atomic E-state index is 12.9. The van der Waals surface area contributed by atoms with Gasteiger partial charge in [-0.2, -0.15) is 0 Å². The Morgan fingerprint density at radius 3 is 2.00 bits per heavy atom. The summed E-state index contributed by atoms with van der Waals surface area (Å²) in [6.07, 6.45) is -0.807. The van der Waals surface area contributed by atoms with Crippen LogP contribution in [0.3, 0.4) is 0 Å². The summed E-state index contributed by atoms with van der Waals surface area (Å²) >= 11 is 0. The predicted octanol–water partition coefficient (Wildman–Crippen LogP) is 6.93. The van der Waals surface area contributed by atoms with Crippen molar-refractivity contribution in [2.45, 2.75) is 50.0 Å². The number of hydrogen-bond donors (Lipinski definition) is 2. The van der Waals surface area contributed by atoms with E-state index in [1.54, 1.807) is 30.3 Å². The van der Waals surface area contributed by atoms with Gasteiger partial charge in [0.05, 0.1) is 23.7 Å². The highest BCUT2D eigenvalue weighted by molar-refractivity contribution is 7.89.